The summed E-state index contributed by atoms with van der Waals surface area (Å²) < 4.78 is 5.21. The fourth-order valence-electron chi connectivity index (χ4n) is 1.90. The van der Waals surface area contributed by atoms with Crippen LogP contribution in [0.15, 0.2) is 18.2 Å². The molecule has 1 saturated carbocycles. The molecule has 3 nitrogen and oxygen atoms in total. The van der Waals surface area contributed by atoms with Crippen molar-refractivity contribution >= 4 is 5.97 Å². The number of methoxy groups -OCH3 is 1. The average Bonchev–Trinajstić information content (AvgIpc) is 2.98. The molecule has 2 atom stereocenters. The first-order chi connectivity index (χ1) is 7.13. The Bertz CT molecular complexity index is 398. The molecule has 0 heterocycles. The van der Waals surface area contributed by atoms with E-state index < -0.39 is 5.97 Å². The smallest absolute Gasteiger partial charge is 0.307 e. The Morgan fingerprint density at radius 3 is 2.80 bits per heavy atom. The second-order valence-electron chi connectivity index (χ2n) is 4.02. The number of hydrogen-bond donors (Lipinski definition) is 1. The lowest BCUT2D eigenvalue weighted by molar-refractivity contribution is -0.138. The van der Waals surface area contributed by atoms with Crippen molar-refractivity contribution in [3.05, 3.63) is 29.3 Å². The first-order valence-corrected chi connectivity index (χ1v) is 5.01. The maximum Gasteiger partial charge on any atom is 0.307 e. The molecule has 1 aromatic rings. The molecule has 2 unspecified atom stereocenters. The third kappa shape index (κ3) is 1.82. The minimum Gasteiger partial charge on any atom is -0.496 e. The van der Waals surface area contributed by atoms with Gasteiger partial charge in [-0.25, -0.2) is 0 Å². The molecule has 0 aromatic heterocycles. The van der Waals surface area contributed by atoms with Gasteiger partial charge in [0.15, 0.2) is 0 Å². The molecule has 1 fully saturated rings. The van der Waals surface area contributed by atoms with Crippen LogP contribution < -0.4 is 4.74 Å². The molecule has 2 rings (SSSR count). The molecule has 3 heteroatoms. The number of carbonyl (C=O) groups is 1. The highest BCUT2D eigenvalue weighted by molar-refractivity contribution is 5.75. The van der Waals surface area contributed by atoms with Crippen LogP contribution in [0.2, 0.25) is 0 Å². The van der Waals surface area contributed by atoms with Gasteiger partial charge >= 0.3 is 5.97 Å². The number of benzene rings is 1. The van der Waals surface area contributed by atoms with E-state index >= 15 is 0 Å². The van der Waals surface area contributed by atoms with E-state index in [1.165, 1.54) is 0 Å². The van der Waals surface area contributed by atoms with Gasteiger partial charge in [-0.3, -0.25) is 4.79 Å². The van der Waals surface area contributed by atoms with Crippen molar-refractivity contribution in [3.8, 4) is 5.75 Å². The van der Waals surface area contributed by atoms with Gasteiger partial charge in [-0.1, -0.05) is 12.1 Å². The van der Waals surface area contributed by atoms with Crippen molar-refractivity contribution in [2.75, 3.05) is 7.11 Å². The molecule has 0 bridgehead atoms. The van der Waals surface area contributed by atoms with E-state index in [1.807, 2.05) is 25.1 Å². The van der Waals surface area contributed by atoms with Gasteiger partial charge in [0.25, 0.3) is 0 Å². The van der Waals surface area contributed by atoms with Crippen molar-refractivity contribution < 1.29 is 14.6 Å². The molecule has 80 valence electrons. The lowest BCUT2D eigenvalue weighted by atomic mass is 10.1. The predicted molar refractivity (Wildman–Crippen MR) is 56.2 cm³/mol. The SMILES string of the molecule is COc1cc(C2CC2C(=O)O)ccc1C. The first-order valence-electron chi connectivity index (χ1n) is 5.01. The topological polar surface area (TPSA) is 46.5 Å². The van der Waals surface area contributed by atoms with Crippen molar-refractivity contribution in [3.63, 3.8) is 0 Å². The van der Waals surface area contributed by atoms with Gasteiger partial charge in [0.05, 0.1) is 13.0 Å². The summed E-state index contributed by atoms with van der Waals surface area (Å²) in [4.78, 5) is 10.7. The molecule has 1 aromatic carbocycles. The normalized spacial score (nSPS) is 23.6. The zero-order valence-corrected chi connectivity index (χ0v) is 8.86. The lowest BCUT2D eigenvalue weighted by Gasteiger charge is -2.06. The summed E-state index contributed by atoms with van der Waals surface area (Å²) in [6.45, 7) is 1.98. The van der Waals surface area contributed by atoms with Crippen LogP contribution in [0, 0.1) is 12.8 Å². The van der Waals surface area contributed by atoms with Crippen LogP contribution in [-0.2, 0) is 4.79 Å². The summed E-state index contributed by atoms with van der Waals surface area (Å²) in [5.74, 6) is 0.123. The van der Waals surface area contributed by atoms with Crippen LogP contribution in [-0.4, -0.2) is 18.2 Å². The molecule has 0 saturated heterocycles. The van der Waals surface area contributed by atoms with Gasteiger partial charge in [0.2, 0.25) is 0 Å². The average molecular weight is 206 g/mol. The maximum absolute atomic E-state index is 10.7. The third-order valence-electron chi connectivity index (χ3n) is 2.97. The summed E-state index contributed by atoms with van der Waals surface area (Å²) in [6, 6.07) is 5.92. The summed E-state index contributed by atoms with van der Waals surface area (Å²) in [7, 11) is 1.63. The second-order valence-corrected chi connectivity index (χ2v) is 4.02. The van der Waals surface area contributed by atoms with E-state index in [4.69, 9.17) is 9.84 Å². The molecule has 0 radical (unpaired) electrons. The van der Waals surface area contributed by atoms with Crippen molar-refractivity contribution in [2.24, 2.45) is 5.92 Å². The number of rotatable bonds is 3. The number of aliphatic carboxylic acids is 1. The second kappa shape index (κ2) is 3.57. The summed E-state index contributed by atoms with van der Waals surface area (Å²) in [5, 5.41) is 8.83. The highest BCUT2D eigenvalue weighted by Gasteiger charge is 2.44. The largest absolute Gasteiger partial charge is 0.496 e. The Hall–Kier alpha value is -1.51. The molecular formula is C12H14O3. The van der Waals surface area contributed by atoms with Crippen LogP contribution in [0.25, 0.3) is 0 Å². The first kappa shape index (κ1) is 10.0. The van der Waals surface area contributed by atoms with Gasteiger partial charge in [0, 0.05) is 0 Å². The Morgan fingerprint density at radius 1 is 1.53 bits per heavy atom. The van der Waals surface area contributed by atoms with E-state index in [9.17, 15) is 4.79 Å². The number of carboxylic acid groups (broad SMARTS) is 1. The molecular weight excluding hydrogens is 192 g/mol. The van der Waals surface area contributed by atoms with Gasteiger partial charge in [-0.2, -0.15) is 0 Å². The zero-order valence-electron chi connectivity index (χ0n) is 8.86. The monoisotopic (exact) mass is 206 g/mol. The highest BCUT2D eigenvalue weighted by atomic mass is 16.5. The Morgan fingerprint density at radius 2 is 2.27 bits per heavy atom. The van der Waals surface area contributed by atoms with E-state index in [0.717, 1.165) is 23.3 Å². The summed E-state index contributed by atoms with van der Waals surface area (Å²) in [5.41, 5.74) is 2.15. The Kier molecular flexibility index (Phi) is 2.39. The van der Waals surface area contributed by atoms with E-state index in [0.29, 0.717) is 0 Å². The maximum atomic E-state index is 10.7. The van der Waals surface area contributed by atoms with Crippen molar-refractivity contribution in [1.82, 2.24) is 0 Å². The van der Waals surface area contributed by atoms with Gasteiger partial charge < -0.3 is 9.84 Å². The molecule has 0 aliphatic heterocycles. The van der Waals surface area contributed by atoms with Crippen LogP contribution in [0.5, 0.6) is 5.75 Å². The van der Waals surface area contributed by atoms with Gasteiger partial charge in [0.1, 0.15) is 5.75 Å². The quantitative estimate of drug-likeness (QED) is 0.824. The minimum atomic E-state index is -0.695. The Balaban J connectivity index is 2.21. The number of ether oxygens (including phenoxy) is 1. The number of hydrogen-bond acceptors (Lipinski definition) is 2. The van der Waals surface area contributed by atoms with Crippen LogP contribution in [0.4, 0.5) is 0 Å². The zero-order chi connectivity index (χ0) is 11.0. The van der Waals surface area contributed by atoms with Crippen LogP contribution >= 0.6 is 0 Å². The number of carboxylic acids is 1. The summed E-state index contributed by atoms with van der Waals surface area (Å²) >= 11 is 0. The third-order valence-corrected chi connectivity index (χ3v) is 2.97. The number of aryl methyl sites for hydroxylation is 1. The molecule has 1 aliphatic rings. The molecule has 1 N–H and O–H groups in total. The highest BCUT2D eigenvalue weighted by Crippen LogP contribution is 2.48. The molecule has 15 heavy (non-hydrogen) atoms. The minimum absolute atomic E-state index is 0.178. The van der Waals surface area contributed by atoms with E-state index in [1.54, 1.807) is 7.11 Å². The van der Waals surface area contributed by atoms with E-state index in [2.05, 4.69) is 0 Å². The standard InChI is InChI=1S/C12H14O3/c1-7-3-4-8(5-11(7)15-2)9-6-10(9)12(13)14/h3-5,9-10H,6H2,1-2H3,(H,13,14). The fraction of sp³-hybridized carbons (Fsp3) is 0.417. The molecule has 0 amide bonds. The van der Waals surface area contributed by atoms with Crippen LogP contribution in [0.1, 0.15) is 23.5 Å². The summed E-state index contributed by atoms with van der Waals surface area (Å²) in [6.07, 6.45) is 0.752. The van der Waals surface area contributed by atoms with Gasteiger partial charge in [-0.15, -0.1) is 0 Å². The Labute approximate surface area is 88.7 Å². The fourth-order valence-corrected chi connectivity index (χ4v) is 1.90. The molecule has 1 aliphatic carbocycles. The van der Waals surface area contributed by atoms with Gasteiger partial charge in [-0.05, 0) is 36.5 Å². The van der Waals surface area contributed by atoms with Crippen molar-refractivity contribution in [2.45, 2.75) is 19.3 Å². The van der Waals surface area contributed by atoms with E-state index in [-0.39, 0.29) is 11.8 Å². The van der Waals surface area contributed by atoms with Crippen LogP contribution in [0.3, 0.4) is 0 Å². The van der Waals surface area contributed by atoms with Crippen molar-refractivity contribution in [1.29, 1.82) is 0 Å². The predicted octanol–water partition coefficient (Wildman–Crippen LogP) is 2.19. The lowest BCUT2D eigenvalue weighted by Crippen LogP contribution is -1.99. The molecule has 0 spiro atoms.